The lowest BCUT2D eigenvalue weighted by Gasteiger charge is -2.16. The molecule has 0 aliphatic carbocycles. The third-order valence-electron chi connectivity index (χ3n) is 6.10. The fourth-order valence-electron chi connectivity index (χ4n) is 3.90. The monoisotopic (exact) mass is 599 g/mol. The van der Waals surface area contributed by atoms with Crippen LogP contribution in [0.15, 0.2) is 114 Å². The van der Waals surface area contributed by atoms with Crippen molar-refractivity contribution in [3.63, 3.8) is 0 Å². The van der Waals surface area contributed by atoms with Gasteiger partial charge in [0.1, 0.15) is 11.4 Å². The second-order valence-electron chi connectivity index (χ2n) is 9.14. The van der Waals surface area contributed by atoms with Gasteiger partial charge in [-0.3, -0.25) is 14.4 Å². The first-order chi connectivity index (χ1) is 20.3. The summed E-state index contributed by atoms with van der Waals surface area (Å²) in [6.45, 7) is 1.94. The SMILES string of the molecule is CCC(Sc1cccc(NC(=O)/C(=C\c2ccc(OC)cc2)NC(=O)c2ccccc2)c1)C(=O)Nc1ccc(Cl)cc1. The van der Waals surface area contributed by atoms with Gasteiger partial charge >= 0.3 is 0 Å². The van der Waals surface area contributed by atoms with E-state index in [1.165, 1.54) is 11.8 Å². The summed E-state index contributed by atoms with van der Waals surface area (Å²) >= 11 is 7.34. The molecule has 1 atom stereocenters. The van der Waals surface area contributed by atoms with Crippen LogP contribution in [-0.4, -0.2) is 30.1 Å². The summed E-state index contributed by atoms with van der Waals surface area (Å²) in [6.07, 6.45) is 2.20. The van der Waals surface area contributed by atoms with E-state index in [1.54, 1.807) is 104 Å². The summed E-state index contributed by atoms with van der Waals surface area (Å²) < 4.78 is 5.22. The van der Waals surface area contributed by atoms with E-state index >= 15 is 0 Å². The molecular formula is C33H30ClN3O4S. The highest BCUT2D eigenvalue weighted by atomic mass is 35.5. The molecular weight excluding hydrogens is 570 g/mol. The summed E-state index contributed by atoms with van der Waals surface area (Å²) in [5.74, 6) is -0.363. The van der Waals surface area contributed by atoms with Gasteiger partial charge < -0.3 is 20.7 Å². The van der Waals surface area contributed by atoms with Crippen LogP contribution in [-0.2, 0) is 9.59 Å². The first kappa shape index (κ1) is 30.4. The molecule has 0 bridgehead atoms. The zero-order chi connectivity index (χ0) is 29.9. The Labute approximate surface area is 254 Å². The van der Waals surface area contributed by atoms with Crippen LogP contribution in [0.25, 0.3) is 6.08 Å². The molecule has 0 saturated carbocycles. The number of methoxy groups -OCH3 is 1. The number of amides is 3. The van der Waals surface area contributed by atoms with Crippen LogP contribution in [0.5, 0.6) is 5.75 Å². The molecule has 4 aromatic rings. The summed E-state index contributed by atoms with van der Waals surface area (Å²) in [6, 6.07) is 30.0. The highest BCUT2D eigenvalue weighted by molar-refractivity contribution is 8.00. The van der Waals surface area contributed by atoms with Gasteiger partial charge in [-0.25, -0.2) is 0 Å². The minimum Gasteiger partial charge on any atom is -0.497 e. The van der Waals surface area contributed by atoms with Gasteiger partial charge in [0.05, 0.1) is 12.4 Å². The van der Waals surface area contributed by atoms with Crippen molar-refractivity contribution in [1.29, 1.82) is 0 Å². The summed E-state index contributed by atoms with van der Waals surface area (Å²) in [7, 11) is 1.57. The number of hydrogen-bond acceptors (Lipinski definition) is 5. The van der Waals surface area contributed by atoms with Crippen molar-refractivity contribution < 1.29 is 19.1 Å². The smallest absolute Gasteiger partial charge is 0.272 e. The summed E-state index contributed by atoms with van der Waals surface area (Å²) in [5.41, 5.74) is 2.38. The van der Waals surface area contributed by atoms with Gasteiger partial charge in [0.25, 0.3) is 11.8 Å². The van der Waals surface area contributed by atoms with Gasteiger partial charge in [0.2, 0.25) is 5.91 Å². The Balaban J connectivity index is 1.50. The normalized spacial score (nSPS) is 11.7. The van der Waals surface area contributed by atoms with Crippen molar-refractivity contribution >= 4 is 58.5 Å². The molecule has 214 valence electrons. The van der Waals surface area contributed by atoms with E-state index in [-0.39, 0.29) is 16.9 Å². The predicted octanol–water partition coefficient (Wildman–Crippen LogP) is 7.27. The standard InChI is InChI=1S/C33H30ClN3O4S/c1-3-30(33(40)35-25-16-14-24(34)15-17-25)42-28-11-7-10-26(21-28)36-32(39)29(20-22-12-18-27(41-2)19-13-22)37-31(38)23-8-5-4-6-9-23/h4-21,30H,3H2,1-2H3,(H,35,40)(H,36,39)(H,37,38)/b29-20+. The summed E-state index contributed by atoms with van der Waals surface area (Å²) in [5, 5.41) is 8.77. The number of anilines is 2. The second kappa shape index (κ2) is 14.9. The maximum atomic E-state index is 13.4. The Morgan fingerprint density at radius 3 is 2.24 bits per heavy atom. The number of carbonyl (C=O) groups excluding carboxylic acids is 3. The lowest BCUT2D eigenvalue weighted by molar-refractivity contribution is -0.116. The van der Waals surface area contributed by atoms with Gasteiger partial charge in [-0.1, -0.05) is 54.9 Å². The van der Waals surface area contributed by atoms with Crippen molar-refractivity contribution in [1.82, 2.24) is 5.32 Å². The van der Waals surface area contributed by atoms with E-state index in [0.29, 0.717) is 39.7 Å². The zero-order valence-electron chi connectivity index (χ0n) is 23.1. The number of benzene rings is 4. The molecule has 1 unspecified atom stereocenters. The van der Waals surface area contributed by atoms with Crippen molar-refractivity contribution in [3.8, 4) is 5.75 Å². The van der Waals surface area contributed by atoms with Crippen LogP contribution in [0.3, 0.4) is 0 Å². The number of halogens is 1. The van der Waals surface area contributed by atoms with Crippen molar-refractivity contribution in [2.75, 3.05) is 17.7 Å². The van der Waals surface area contributed by atoms with Gasteiger partial charge in [-0.05, 0) is 84.8 Å². The number of nitrogens with one attached hydrogen (secondary N) is 3. The third-order valence-corrected chi connectivity index (χ3v) is 7.71. The molecule has 7 nitrogen and oxygen atoms in total. The fraction of sp³-hybridized carbons (Fsp3) is 0.121. The van der Waals surface area contributed by atoms with Crippen LogP contribution in [0.2, 0.25) is 5.02 Å². The molecule has 0 aromatic heterocycles. The largest absolute Gasteiger partial charge is 0.497 e. The molecule has 0 radical (unpaired) electrons. The predicted molar refractivity (Wildman–Crippen MR) is 170 cm³/mol. The molecule has 3 N–H and O–H groups in total. The maximum Gasteiger partial charge on any atom is 0.272 e. The Hall–Kier alpha value is -4.53. The molecule has 0 spiro atoms. The molecule has 9 heteroatoms. The molecule has 3 amide bonds. The van der Waals surface area contributed by atoms with Gasteiger partial charge in [-0.15, -0.1) is 11.8 Å². The average molecular weight is 600 g/mol. The van der Waals surface area contributed by atoms with Crippen molar-refractivity contribution in [3.05, 3.63) is 125 Å². The number of carbonyl (C=O) groups is 3. The van der Waals surface area contributed by atoms with E-state index in [1.807, 2.05) is 19.1 Å². The van der Waals surface area contributed by atoms with Gasteiger partial charge in [0.15, 0.2) is 0 Å². The minimum atomic E-state index is -0.496. The van der Waals surface area contributed by atoms with E-state index in [0.717, 1.165) is 4.90 Å². The molecule has 0 saturated heterocycles. The Bertz CT molecular complexity index is 1560. The maximum absolute atomic E-state index is 13.4. The van der Waals surface area contributed by atoms with E-state index in [9.17, 15) is 14.4 Å². The first-order valence-corrected chi connectivity index (χ1v) is 14.5. The third kappa shape index (κ3) is 8.73. The van der Waals surface area contributed by atoms with Crippen LogP contribution in [0, 0.1) is 0 Å². The quantitative estimate of drug-likeness (QED) is 0.124. The van der Waals surface area contributed by atoms with Gasteiger partial charge in [0, 0.05) is 26.9 Å². The highest BCUT2D eigenvalue weighted by Crippen LogP contribution is 2.29. The molecule has 0 aliphatic heterocycles. The Morgan fingerprint density at radius 2 is 1.57 bits per heavy atom. The van der Waals surface area contributed by atoms with Crippen LogP contribution in [0.1, 0.15) is 29.3 Å². The van der Waals surface area contributed by atoms with Gasteiger partial charge in [-0.2, -0.15) is 0 Å². The van der Waals surface area contributed by atoms with E-state index < -0.39 is 11.8 Å². The van der Waals surface area contributed by atoms with E-state index in [4.69, 9.17) is 16.3 Å². The molecule has 4 aromatic carbocycles. The first-order valence-electron chi connectivity index (χ1n) is 13.2. The van der Waals surface area contributed by atoms with Crippen molar-refractivity contribution in [2.45, 2.75) is 23.5 Å². The number of hydrogen-bond donors (Lipinski definition) is 3. The fourth-order valence-corrected chi connectivity index (χ4v) is 5.04. The van der Waals surface area contributed by atoms with Crippen molar-refractivity contribution in [2.24, 2.45) is 0 Å². The molecule has 42 heavy (non-hydrogen) atoms. The van der Waals surface area contributed by atoms with Crippen LogP contribution in [0.4, 0.5) is 11.4 Å². The van der Waals surface area contributed by atoms with Crippen LogP contribution < -0.4 is 20.7 Å². The minimum absolute atomic E-state index is 0.0702. The number of thioether (sulfide) groups is 1. The average Bonchev–Trinajstić information content (AvgIpc) is 3.01. The Morgan fingerprint density at radius 1 is 0.857 bits per heavy atom. The summed E-state index contributed by atoms with van der Waals surface area (Å²) in [4.78, 5) is 40.1. The molecule has 0 fully saturated rings. The topological polar surface area (TPSA) is 96.5 Å². The second-order valence-corrected chi connectivity index (χ2v) is 10.9. The Kier molecular flexibility index (Phi) is 10.8. The zero-order valence-corrected chi connectivity index (χ0v) is 24.7. The van der Waals surface area contributed by atoms with Crippen LogP contribution >= 0.6 is 23.4 Å². The van der Waals surface area contributed by atoms with E-state index in [2.05, 4.69) is 16.0 Å². The highest BCUT2D eigenvalue weighted by Gasteiger charge is 2.19. The lowest BCUT2D eigenvalue weighted by atomic mass is 10.1. The molecule has 4 rings (SSSR count). The molecule has 0 aliphatic rings. The number of rotatable bonds is 11. The molecule has 0 heterocycles. The number of ether oxygens (including phenoxy) is 1. The lowest BCUT2D eigenvalue weighted by Crippen LogP contribution is -2.30.